The van der Waals surface area contributed by atoms with Gasteiger partial charge in [0.2, 0.25) is 5.91 Å². The summed E-state index contributed by atoms with van der Waals surface area (Å²) in [4.78, 5) is 11.5. The molecule has 0 radical (unpaired) electrons. The lowest BCUT2D eigenvalue weighted by Gasteiger charge is -2.41. The first-order valence-corrected chi connectivity index (χ1v) is 5.09. The van der Waals surface area contributed by atoms with Gasteiger partial charge < -0.3 is 11.1 Å². The molecule has 3 heteroatoms. The second kappa shape index (κ2) is 4.09. The van der Waals surface area contributed by atoms with Crippen LogP contribution in [-0.2, 0) is 4.79 Å². The van der Waals surface area contributed by atoms with Gasteiger partial charge in [-0.15, -0.1) is 0 Å². The fourth-order valence-corrected chi connectivity index (χ4v) is 1.70. The Bertz CT molecular complexity index is 180. The molecule has 1 aliphatic rings. The second-order valence-corrected chi connectivity index (χ2v) is 4.48. The maximum absolute atomic E-state index is 11.5. The highest BCUT2D eigenvalue weighted by atomic mass is 16.1. The lowest BCUT2D eigenvalue weighted by atomic mass is 9.76. The molecule has 76 valence electrons. The quantitative estimate of drug-likeness (QED) is 0.685. The van der Waals surface area contributed by atoms with Gasteiger partial charge >= 0.3 is 0 Å². The molecular formula is C10H20N2O. The van der Waals surface area contributed by atoms with Crippen LogP contribution in [0, 0.1) is 5.92 Å². The molecule has 3 N–H and O–H groups in total. The number of nitrogens with two attached hydrogens (primary N) is 1. The molecule has 0 aromatic heterocycles. The van der Waals surface area contributed by atoms with E-state index in [2.05, 4.69) is 19.2 Å². The summed E-state index contributed by atoms with van der Waals surface area (Å²) in [6.45, 7) is 4.68. The fraction of sp³-hybridized carbons (Fsp3) is 0.900. The normalized spacial score (nSPS) is 19.7. The first-order valence-electron chi connectivity index (χ1n) is 5.09. The molecule has 0 aromatic carbocycles. The monoisotopic (exact) mass is 184 g/mol. The first-order chi connectivity index (χ1) is 6.08. The minimum Gasteiger partial charge on any atom is -0.349 e. The van der Waals surface area contributed by atoms with E-state index in [1.165, 1.54) is 6.42 Å². The van der Waals surface area contributed by atoms with Crippen molar-refractivity contribution in [1.82, 2.24) is 5.32 Å². The van der Waals surface area contributed by atoms with E-state index in [1.807, 2.05) is 0 Å². The Morgan fingerprint density at radius 1 is 1.54 bits per heavy atom. The average molecular weight is 184 g/mol. The van der Waals surface area contributed by atoms with Crippen molar-refractivity contribution >= 4 is 5.91 Å². The van der Waals surface area contributed by atoms with E-state index in [4.69, 9.17) is 5.73 Å². The van der Waals surface area contributed by atoms with Gasteiger partial charge in [0.25, 0.3) is 0 Å². The molecule has 3 nitrogen and oxygen atoms in total. The Labute approximate surface area is 80.1 Å². The van der Waals surface area contributed by atoms with Crippen molar-refractivity contribution in [2.45, 2.75) is 45.1 Å². The molecule has 1 aliphatic carbocycles. The molecule has 1 rings (SSSR count). The number of nitrogens with one attached hydrogen (secondary N) is 1. The highest BCUT2D eigenvalue weighted by Crippen LogP contribution is 2.30. The molecule has 0 aromatic rings. The molecule has 0 heterocycles. The summed E-state index contributed by atoms with van der Waals surface area (Å²) in [6.07, 6.45) is 3.90. The molecule has 0 bridgehead atoms. The van der Waals surface area contributed by atoms with Gasteiger partial charge in [-0.3, -0.25) is 4.79 Å². The topological polar surface area (TPSA) is 55.1 Å². The number of amides is 1. The van der Waals surface area contributed by atoms with Crippen molar-refractivity contribution in [3.63, 3.8) is 0 Å². The molecule has 1 fully saturated rings. The van der Waals surface area contributed by atoms with Crippen LogP contribution >= 0.6 is 0 Å². The highest BCUT2D eigenvalue weighted by molar-refractivity contribution is 5.77. The van der Waals surface area contributed by atoms with E-state index < -0.39 is 0 Å². The Hall–Kier alpha value is -0.570. The van der Waals surface area contributed by atoms with Crippen LogP contribution in [0.15, 0.2) is 0 Å². The fourth-order valence-electron chi connectivity index (χ4n) is 1.70. The molecular weight excluding hydrogens is 164 g/mol. The van der Waals surface area contributed by atoms with Crippen molar-refractivity contribution in [3.05, 3.63) is 0 Å². The number of hydrogen-bond acceptors (Lipinski definition) is 2. The lowest BCUT2D eigenvalue weighted by molar-refractivity contribution is -0.124. The molecule has 13 heavy (non-hydrogen) atoms. The summed E-state index contributed by atoms with van der Waals surface area (Å²) in [5.74, 6) is 0.579. The van der Waals surface area contributed by atoms with Gasteiger partial charge in [0.05, 0.1) is 5.54 Å². The Kier molecular flexibility index (Phi) is 3.31. The highest BCUT2D eigenvalue weighted by Gasteiger charge is 2.36. The van der Waals surface area contributed by atoms with E-state index in [0.29, 0.717) is 18.9 Å². The van der Waals surface area contributed by atoms with Crippen LogP contribution in [0.4, 0.5) is 0 Å². The molecule has 0 spiro atoms. The molecule has 0 unspecified atom stereocenters. The van der Waals surface area contributed by atoms with Crippen LogP contribution in [0.1, 0.15) is 39.5 Å². The lowest BCUT2D eigenvalue weighted by Crippen LogP contribution is -2.58. The third-order valence-corrected chi connectivity index (χ3v) is 2.70. The Morgan fingerprint density at radius 2 is 2.15 bits per heavy atom. The van der Waals surface area contributed by atoms with Gasteiger partial charge in [0, 0.05) is 13.0 Å². The van der Waals surface area contributed by atoms with Gasteiger partial charge in [-0.2, -0.15) is 0 Å². The molecule has 1 amide bonds. The van der Waals surface area contributed by atoms with Gasteiger partial charge in [-0.05, 0) is 25.2 Å². The summed E-state index contributed by atoms with van der Waals surface area (Å²) >= 11 is 0. The van der Waals surface area contributed by atoms with Crippen molar-refractivity contribution in [2.75, 3.05) is 6.54 Å². The summed E-state index contributed by atoms with van der Waals surface area (Å²) < 4.78 is 0. The van der Waals surface area contributed by atoms with Crippen LogP contribution < -0.4 is 11.1 Å². The minimum absolute atomic E-state index is 0.0496. The number of rotatable bonds is 4. The van der Waals surface area contributed by atoms with Crippen molar-refractivity contribution in [3.8, 4) is 0 Å². The summed E-state index contributed by atoms with van der Waals surface area (Å²) in [5, 5.41) is 3.05. The summed E-state index contributed by atoms with van der Waals surface area (Å²) in [5.41, 5.74) is 5.58. The van der Waals surface area contributed by atoms with Crippen LogP contribution in [-0.4, -0.2) is 18.0 Å². The van der Waals surface area contributed by atoms with Gasteiger partial charge in [-0.25, -0.2) is 0 Å². The van der Waals surface area contributed by atoms with Crippen LogP contribution in [0.25, 0.3) is 0 Å². The van der Waals surface area contributed by atoms with Crippen molar-refractivity contribution in [1.29, 1.82) is 0 Å². The predicted octanol–water partition coefficient (Wildman–Crippen LogP) is 1.03. The van der Waals surface area contributed by atoms with E-state index >= 15 is 0 Å². The zero-order valence-corrected chi connectivity index (χ0v) is 8.60. The zero-order chi connectivity index (χ0) is 9.90. The summed E-state index contributed by atoms with van der Waals surface area (Å²) in [7, 11) is 0. The average Bonchev–Trinajstić information content (AvgIpc) is 1.95. The van der Waals surface area contributed by atoms with Crippen LogP contribution in [0.2, 0.25) is 0 Å². The largest absolute Gasteiger partial charge is 0.349 e. The van der Waals surface area contributed by atoms with E-state index in [-0.39, 0.29) is 11.4 Å². The van der Waals surface area contributed by atoms with Gasteiger partial charge in [-0.1, -0.05) is 13.8 Å². The third-order valence-electron chi connectivity index (χ3n) is 2.70. The molecule has 0 atom stereocenters. The Morgan fingerprint density at radius 3 is 2.46 bits per heavy atom. The molecule has 1 saturated carbocycles. The van der Waals surface area contributed by atoms with Gasteiger partial charge in [0.1, 0.15) is 0 Å². The van der Waals surface area contributed by atoms with E-state index in [0.717, 1.165) is 12.8 Å². The van der Waals surface area contributed by atoms with Crippen molar-refractivity contribution in [2.24, 2.45) is 11.7 Å². The predicted molar refractivity (Wildman–Crippen MR) is 53.2 cm³/mol. The summed E-state index contributed by atoms with van der Waals surface area (Å²) in [6, 6.07) is 0. The number of hydrogen-bond donors (Lipinski definition) is 2. The number of carbonyl (C=O) groups excluding carboxylic acids is 1. The van der Waals surface area contributed by atoms with E-state index in [9.17, 15) is 4.79 Å². The van der Waals surface area contributed by atoms with Crippen LogP contribution in [0.5, 0.6) is 0 Å². The maximum Gasteiger partial charge on any atom is 0.220 e. The molecule has 0 aliphatic heterocycles. The van der Waals surface area contributed by atoms with Crippen molar-refractivity contribution < 1.29 is 4.79 Å². The number of carbonyl (C=O) groups is 1. The SMILES string of the molecule is CC(C)CC(=O)NC1(CN)CCC1. The second-order valence-electron chi connectivity index (χ2n) is 4.48. The maximum atomic E-state index is 11.5. The smallest absolute Gasteiger partial charge is 0.220 e. The minimum atomic E-state index is -0.0496. The van der Waals surface area contributed by atoms with E-state index in [1.54, 1.807) is 0 Å². The third kappa shape index (κ3) is 2.69. The molecule has 0 saturated heterocycles. The van der Waals surface area contributed by atoms with Gasteiger partial charge in [0.15, 0.2) is 0 Å². The van der Waals surface area contributed by atoms with Crippen LogP contribution in [0.3, 0.4) is 0 Å². The standard InChI is InChI=1S/C10H20N2O/c1-8(2)6-9(13)12-10(7-11)4-3-5-10/h8H,3-7,11H2,1-2H3,(H,12,13). The first kappa shape index (κ1) is 10.5. The zero-order valence-electron chi connectivity index (χ0n) is 8.60. The Balaban J connectivity index is 2.34.